The van der Waals surface area contributed by atoms with Crippen molar-refractivity contribution in [3.05, 3.63) is 35.4 Å². The van der Waals surface area contributed by atoms with Crippen molar-refractivity contribution in [2.75, 3.05) is 20.1 Å². The Hall–Kier alpha value is -1.35. The molecule has 1 atom stereocenters. The zero-order valence-corrected chi connectivity index (χ0v) is 9.86. The Kier molecular flexibility index (Phi) is 3.25. The van der Waals surface area contributed by atoms with Crippen molar-refractivity contribution in [1.82, 2.24) is 10.2 Å². The van der Waals surface area contributed by atoms with E-state index in [1.807, 2.05) is 43.1 Å². The SMILES string of the molecule is CNCC1CCN1C(=O)c1cccc(C)c1. The number of likely N-dealkylation sites (tertiary alicyclic amines) is 1. The van der Waals surface area contributed by atoms with E-state index < -0.39 is 0 Å². The number of hydrogen-bond acceptors (Lipinski definition) is 2. The van der Waals surface area contributed by atoms with Crippen LogP contribution in [-0.4, -0.2) is 37.0 Å². The fourth-order valence-corrected chi connectivity index (χ4v) is 2.10. The van der Waals surface area contributed by atoms with Gasteiger partial charge in [0.05, 0.1) is 0 Å². The van der Waals surface area contributed by atoms with Crippen LogP contribution in [0.2, 0.25) is 0 Å². The monoisotopic (exact) mass is 218 g/mol. The summed E-state index contributed by atoms with van der Waals surface area (Å²) in [6.07, 6.45) is 1.11. The topological polar surface area (TPSA) is 32.3 Å². The average Bonchev–Trinajstić information content (AvgIpc) is 2.24. The van der Waals surface area contributed by atoms with Gasteiger partial charge >= 0.3 is 0 Å². The molecule has 3 heteroatoms. The quantitative estimate of drug-likeness (QED) is 0.832. The van der Waals surface area contributed by atoms with Gasteiger partial charge in [-0.25, -0.2) is 0 Å². The van der Waals surface area contributed by atoms with Gasteiger partial charge in [0.25, 0.3) is 5.91 Å². The molecule has 1 N–H and O–H groups in total. The van der Waals surface area contributed by atoms with E-state index in [0.717, 1.165) is 30.6 Å². The number of benzene rings is 1. The standard InChI is InChI=1S/C13H18N2O/c1-10-4-3-5-11(8-10)13(16)15-7-6-12(15)9-14-2/h3-5,8,12,14H,6-7,9H2,1-2H3. The number of likely N-dealkylation sites (N-methyl/N-ethyl adjacent to an activating group) is 1. The highest BCUT2D eigenvalue weighted by atomic mass is 16.2. The summed E-state index contributed by atoms with van der Waals surface area (Å²) in [6.45, 7) is 3.79. The maximum Gasteiger partial charge on any atom is 0.254 e. The van der Waals surface area contributed by atoms with Gasteiger partial charge in [-0.2, -0.15) is 0 Å². The molecule has 0 radical (unpaired) electrons. The molecule has 0 aromatic heterocycles. The van der Waals surface area contributed by atoms with Gasteiger partial charge in [-0.3, -0.25) is 4.79 Å². The summed E-state index contributed by atoms with van der Waals surface area (Å²) >= 11 is 0. The summed E-state index contributed by atoms with van der Waals surface area (Å²) in [6, 6.07) is 8.17. The van der Waals surface area contributed by atoms with Gasteiger partial charge < -0.3 is 10.2 Å². The first-order valence-electron chi connectivity index (χ1n) is 5.74. The molecule has 1 aliphatic rings. The molecule has 1 heterocycles. The molecule has 1 unspecified atom stereocenters. The Morgan fingerprint density at radius 1 is 1.56 bits per heavy atom. The normalized spacial score (nSPS) is 19.4. The van der Waals surface area contributed by atoms with Crippen LogP contribution in [0, 0.1) is 6.92 Å². The summed E-state index contributed by atoms with van der Waals surface area (Å²) in [7, 11) is 1.92. The number of carbonyl (C=O) groups is 1. The van der Waals surface area contributed by atoms with Gasteiger partial charge in [0.2, 0.25) is 0 Å². The second-order valence-electron chi connectivity index (χ2n) is 4.37. The van der Waals surface area contributed by atoms with Crippen molar-refractivity contribution >= 4 is 5.91 Å². The highest BCUT2D eigenvalue weighted by Crippen LogP contribution is 2.20. The van der Waals surface area contributed by atoms with E-state index in [9.17, 15) is 4.79 Å². The lowest BCUT2D eigenvalue weighted by molar-refractivity contribution is 0.0468. The maximum absolute atomic E-state index is 12.2. The van der Waals surface area contributed by atoms with Crippen molar-refractivity contribution < 1.29 is 4.79 Å². The Labute approximate surface area is 96.5 Å². The van der Waals surface area contributed by atoms with Gasteiger partial charge in [-0.1, -0.05) is 17.7 Å². The molecule has 0 saturated carbocycles. The molecule has 0 spiro atoms. The summed E-state index contributed by atoms with van der Waals surface area (Å²) in [4.78, 5) is 14.1. The predicted molar refractivity (Wildman–Crippen MR) is 64.5 cm³/mol. The average molecular weight is 218 g/mol. The minimum atomic E-state index is 0.162. The third-order valence-corrected chi connectivity index (χ3v) is 3.11. The van der Waals surface area contributed by atoms with Gasteiger partial charge in [-0.15, -0.1) is 0 Å². The van der Waals surface area contributed by atoms with Crippen molar-refractivity contribution in [2.45, 2.75) is 19.4 Å². The van der Waals surface area contributed by atoms with Crippen LogP contribution in [0.15, 0.2) is 24.3 Å². The predicted octanol–water partition coefficient (Wildman–Crippen LogP) is 1.43. The summed E-state index contributed by atoms with van der Waals surface area (Å²) < 4.78 is 0. The summed E-state index contributed by atoms with van der Waals surface area (Å²) in [5, 5.41) is 3.12. The van der Waals surface area contributed by atoms with E-state index in [0.29, 0.717) is 6.04 Å². The molecule has 1 saturated heterocycles. The second kappa shape index (κ2) is 4.66. The van der Waals surface area contributed by atoms with E-state index in [1.165, 1.54) is 0 Å². The molecular formula is C13H18N2O. The van der Waals surface area contributed by atoms with Crippen molar-refractivity contribution in [1.29, 1.82) is 0 Å². The fourth-order valence-electron chi connectivity index (χ4n) is 2.10. The molecule has 1 aliphatic heterocycles. The third kappa shape index (κ3) is 2.09. The van der Waals surface area contributed by atoms with E-state index in [2.05, 4.69) is 5.32 Å². The zero-order valence-electron chi connectivity index (χ0n) is 9.86. The molecule has 1 aromatic carbocycles. The summed E-state index contributed by atoms with van der Waals surface area (Å²) in [5.74, 6) is 0.162. The molecule has 0 aliphatic carbocycles. The van der Waals surface area contributed by atoms with Gasteiger partial charge in [-0.05, 0) is 32.5 Å². The minimum Gasteiger partial charge on any atom is -0.334 e. The van der Waals surface area contributed by atoms with E-state index in [-0.39, 0.29) is 5.91 Å². The number of nitrogens with one attached hydrogen (secondary N) is 1. The molecular weight excluding hydrogens is 200 g/mol. The van der Waals surface area contributed by atoms with Crippen LogP contribution in [-0.2, 0) is 0 Å². The smallest absolute Gasteiger partial charge is 0.254 e. The van der Waals surface area contributed by atoms with E-state index >= 15 is 0 Å². The molecule has 1 aromatic rings. The largest absolute Gasteiger partial charge is 0.334 e. The lowest BCUT2D eigenvalue weighted by Gasteiger charge is -2.41. The lowest BCUT2D eigenvalue weighted by atomic mass is 10.0. The van der Waals surface area contributed by atoms with E-state index in [4.69, 9.17) is 0 Å². The van der Waals surface area contributed by atoms with Crippen LogP contribution >= 0.6 is 0 Å². The molecule has 2 rings (SSSR count). The second-order valence-corrected chi connectivity index (χ2v) is 4.37. The molecule has 1 fully saturated rings. The Balaban J connectivity index is 2.08. The fraction of sp³-hybridized carbons (Fsp3) is 0.462. The first-order valence-corrected chi connectivity index (χ1v) is 5.74. The number of rotatable bonds is 3. The lowest BCUT2D eigenvalue weighted by Crippen LogP contribution is -2.54. The summed E-state index contributed by atoms with van der Waals surface area (Å²) in [5.41, 5.74) is 1.94. The third-order valence-electron chi connectivity index (χ3n) is 3.11. The highest BCUT2D eigenvalue weighted by Gasteiger charge is 2.31. The van der Waals surface area contributed by atoms with Crippen LogP contribution < -0.4 is 5.32 Å². The van der Waals surface area contributed by atoms with E-state index in [1.54, 1.807) is 0 Å². The number of amides is 1. The zero-order chi connectivity index (χ0) is 11.5. The number of hydrogen-bond donors (Lipinski definition) is 1. The van der Waals surface area contributed by atoms with Crippen LogP contribution in [0.25, 0.3) is 0 Å². The van der Waals surface area contributed by atoms with Crippen LogP contribution in [0.5, 0.6) is 0 Å². The molecule has 0 bridgehead atoms. The van der Waals surface area contributed by atoms with Crippen LogP contribution in [0.1, 0.15) is 22.3 Å². The molecule has 3 nitrogen and oxygen atoms in total. The molecule has 1 amide bonds. The van der Waals surface area contributed by atoms with Crippen molar-refractivity contribution in [2.24, 2.45) is 0 Å². The van der Waals surface area contributed by atoms with Crippen LogP contribution in [0.3, 0.4) is 0 Å². The number of aryl methyl sites for hydroxylation is 1. The first kappa shape index (κ1) is 11.1. The minimum absolute atomic E-state index is 0.162. The van der Waals surface area contributed by atoms with Gasteiger partial charge in [0.15, 0.2) is 0 Å². The number of carbonyl (C=O) groups excluding carboxylic acids is 1. The van der Waals surface area contributed by atoms with Gasteiger partial charge in [0, 0.05) is 24.7 Å². The number of nitrogens with zero attached hydrogens (tertiary/aromatic N) is 1. The Bertz CT molecular complexity index is 389. The van der Waals surface area contributed by atoms with Crippen LogP contribution in [0.4, 0.5) is 0 Å². The van der Waals surface area contributed by atoms with Gasteiger partial charge in [0.1, 0.15) is 0 Å². The molecule has 16 heavy (non-hydrogen) atoms. The van der Waals surface area contributed by atoms with Crippen molar-refractivity contribution in [3.8, 4) is 0 Å². The first-order chi connectivity index (χ1) is 7.72. The molecule has 86 valence electrons. The highest BCUT2D eigenvalue weighted by molar-refractivity contribution is 5.95. The Morgan fingerprint density at radius 3 is 2.94 bits per heavy atom. The van der Waals surface area contributed by atoms with Crippen molar-refractivity contribution in [3.63, 3.8) is 0 Å². The maximum atomic E-state index is 12.2. The Morgan fingerprint density at radius 2 is 2.38 bits per heavy atom.